The Hall–Kier alpha value is -2.61. The topological polar surface area (TPSA) is 65.4 Å². The lowest BCUT2D eigenvalue weighted by Crippen LogP contribution is -2.44. The van der Waals surface area contributed by atoms with Crippen LogP contribution in [0.2, 0.25) is 5.02 Å². The van der Waals surface area contributed by atoms with E-state index in [0.717, 1.165) is 46.7 Å². The number of rotatable bonds is 7. The van der Waals surface area contributed by atoms with Gasteiger partial charge in [-0.25, -0.2) is 8.70 Å². The first-order valence-electron chi connectivity index (χ1n) is 10.2. The maximum Gasteiger partial charge on any atom is 0.137 e. The molecular weight excluding hydrogens is 449 g/mol. The van der Waals surface area contributed by atoms with Crippen LogP contribution in [0.25, 0.3) is 0 Å². The van der Waals surface area contributed by atoms with Gasteiger partial charge in [-0.1, -0.05) is 17.2 Å². The molecule has 2 aromatic rings. The van der Waals surface area contributed by atoms with Gasteiger partial charge in [0.2, 0.25) is 0 Å². The zero-order valence-electron chi connectivity index (χ0n) is 17.5. The SMILES string of the molecule is COc1ccc(SN2CCC3=CC(Nc4ccc(F)cc4)=C(C=N)CC3(C=O)C2)cc1Cl. The van der Waals surface area contributed by atoms with Crippen LogP contribution in [-0.4, -0.2) is 37.0 Å². The number of piperidine rings is 1. The fourth-order valence-corrected chi connectivity index (χ4v) is 5.49. The van der Waals surface area contributed by atoms with Gasteiger partial charge in [-0.2, -0.15) is 0 Å². The molecule has 2 N–H and O–H groups in total. The number of allylic oxidation sites excluding steroid dienone is 2. The zero-order valence-corrected chi connectivity index (χ0v) is 19.1. The van der Waals surface area contributed by atoms with E-state index in [-0.39, 0.29) is 5.82 Å². The highest BCUT2D eigenvalue weighted by Crippen LogP contribution is 2.46. The summed E-state index contributed by atoms with van der Waals surface area (Å²) in [7, 11) is 1.58. The Kier molecular flexibility index (Phi) is 6.69. The third-order valence-corrected chi connectivity index (χ3v) is 7.11. The van der Waals surface area contributed by atoms with Gasteiger partial charge in [0.15, 0.2) is 0 Å². The lowest BCUT2D eigenvalue weighted by atomic mass is 9.69. The summed E-state index contributed by atoms with van der Waals surface area (Å²) in [5.41, 5.74) is 2.63. The normalized spacial score (nSPS) is 20.9. The number of benzene rings is 2. The molecule has 0 spiro atoms. The average Bonchev–Trinajstić information content (AvgIpc) is 2.80. The molecule has 8 heteroatoms. The fourth-order valence-electron chi connectivity index (χ4n) is 4.10. The van der Waals surface area contributed by atoms with Crippen molar-refractivity contribution in [3.05, 3.63) is 76.2 Å². The van der Waals surface area contributed by atoms with E-state index < -0.39 is 5.41 Å². The predicted octanol–water partition coefficient (Wildman–Crippen LogP) is 5.73. The molecule has 2 aliphatic rings. The summed E-state index contributed by atoms with van der Waals surface area (Å²) in [6, 6.07) is 11.7. The van der Waals surface area contributed by atoms with Crippen LogP contribution in [0.5, 0.6) is 5.75 Å². The number of ether oxygens (including phenoxy) is 1. The second-order valence-corrected chi connectivity index (χ2v) is 9.41. The van der Waals surface area contributed by atoms with Crippen LogP contribution < -0.4 is 10.1 Å². The average molecular weight is 472 g/mol. The molecule has 2 aromatic carbocycles. The van der Waals surface area contributed by atoms with Crippen molar-refractivity contribution in [3.63, 3.8) is 0 Å². The molecule has 166 valence electrons. The van der Waals surface area contributed by atoms with E-state index in [1.165, 1.54) is 18.3 Å². The van der Waals surface area contributed by atoms with Crippen LogP contribution in [0.15, 0.2) is 70.3 Å². The second kappa shape index (κ2) is 9.48. The fraction of sp³-hybridized carbons (Fsp3) is 0.250. The third-order valence-electron chi connectivity index (χ3n) is 5.78. The monoisotopic (exact) mass is 471 g/mol. The summed E-state index contributed by atoms with van der Waals surface area (Å²) in [6.45, 7) is 1.32. The number of anilines is 1. The molecule has 0 saturated carbocycles. The van der Waals surface area contributed by atoms with Gasteiger partial charge in [0.25, 0.3) is 0 Å². The lowest BCUT2D eigenvalue weighted by molar-refractivity contribution is -0.115. The van der Waals surface area contributed by atoms with Crippen LogP contribution >= 0.6 is 23.5 Å². The van der Waals surface area contributed by atoms with Crippen molar-refractivity contribution in [2.45, 2.75) is 17.7 Å². The van der Waals surface area contributed by atoms with Crippen molar-refractivity contribution in [2.24, 2.45) is 5.41 Å². The van der Waals surface area contributed by atoms with E-state index in [1.807, 2.05) is 24.3 Å². The predicted molar refractivity (Wildman–Crippen MR) is 127 cm³/mol. The minimum Gasteiger partial charge on any atom is -0.495 e. The van der Waals surface area contributed by atoms with Gasteiger partial charge < -0.3 is 20.3 Å². The summed E-state index contributed by atoms with van der Waals surface area (Å²) in [4.78, 5) is 13.3. The molecule has 1 saturated heterocycles. The Morgan fingerprint density at radius 2 is 2.06 bits per heavy atom. The summed E-state index contributed by atoms with van der Waals surface area (Å²) in [6.07, 6.45) is 5.46. The molecule has 4 rings (SSSR count). The summed E-state index contributed by atoms with van der Waals surface area (Å²) >= 11 is 7.82. The molecule has 5 nitrogen and oxygen atoms in total. The van der Waals surface area contributed by atoms with Crippen molar-refractivity contribution in [1.29, 1.82) is 5.41 Å². The largest absolute Gasteiger partial charge is 0.495 e. The van der Waals surface area contributed by atoms with Crippen molar-refractivity contribution >= 4 is 41.7 Å². The molecule has 1 atom stereocenters. The number of methoxy groups -OCH3 is 1. The van der Waals surface area contributed by atoms with Crippen molar-refractivity contribution in [1.82, 2.24) is 4.31 Å². The second-order valence-electron chi connectivity index (χ2n) is 7.84. The first-order chi connectivity index (χ1) is 15.5. The van der Waals surface area contributed by atoms with E-state index in [4.69, 9.17) is 21.7 Å². The smallest absolute Gasteiger partial charge is 0.137 e. The van der Waals surface area contributed by atoms with E-state index in [1.54, 1.807) is 31.2 Å². The standard InChI is InChI=1S/C24H23ClFN3O2S/c1-31-23-7-6-20(11-21(23)25)32-29-9-8-17-10-22(28-19-4-2-18(26)3-5-19)16(13-27)12-24(17,14-29)15-30/h2-7,10-11,13,15,27-28H,8-9,12,14H2,1H3. The Bertz CT molecular complexity index is 1100. The molecule has 1 aliphatic carbocycles. The van der Waals surface area contributed by atoms with E-state index in [0.29, 0.717) is 23.7 Å². The van der Waals surface area contributed by atoms with E-state index in [2.05, 4.69) is 9.62 Å². The minimum atomic E-state index is -0.678. The highest BCUT2D eigenvalue weighted by atomic mass is 35.5. The maximum atomic E-state index is 13.2. The first-order valence-corrected chi connectivity index (χ1v) is 11.3. The van der Waals surface area contributed by atoms with Crippen LogP contribution in [0.4, 0.5) is 10.1 Å². The molecule has 32 heavy (non-hydrogen) atoms. The molecule has 1 heterocycles. The highest BCUT2D eigenvalue weighted by molar-refractivity contribution is 7.97. The van der Waals surface area contributed by atoms with Crippen LogP contribution in [0.3, 0.4) is 0 Å². The minimum absolute atomic E-state index is 0.304. The van der Waals surface area contributed by atoms with Gasteiger partial charge in [0.05, 0.1) is 17.5 Å². The summed E-state index contributed by atoms with van der Waals surface area (Å²) in [5, 5.41) is 11.7. The molecule has 1 aliphatic heterocycles. The van der Waals surface area contributed by atoms with Gasteiger partial charge in [0.1, 0.15) is 17.9 Å². The molecule has 0 bridgehead atoms. The number of carbonyl (C=O) groups excluding carboxylic acids is 1. The molecule has 1 unspecified atom stereocenters. The third kappa shape index (κ3) is 4.60. The molecule has 0 aromatic heterocycles. The molecular formula is C24H23ClFN3O2S. The highest BCUT2D eigenvalue weighted by Gasteiger charge is 2.42. The maximum absolute atomic E-state index is 13.2. The number of halogens is 2. The van der Waals surface area contributed by atoms with Gasteiger partial charge in [0, 0.05) is 35.6 Å². The Balaban J connectivity index is 1.54. The number of hydrogen-bond donors (Lipinski definition) is 2. The van der Waals surface area contributed by atoms with Crippen LogP contribution in [0.1, 0.15) is 12.8 Å². The Morgan fingerprint density at radius 1 is 1.28 bits per heavy atom. The number of nitrogens with one attached hydrogen (secondary N) is 2. The Labute approximate surface area is 195 Å². The van der Waals surface area contributed by atoms with E-state index in [9.17, 15) is 9.18 Å². The number of carbonyl (C=O) groups is 1. The Morgan fingerprint density at radius 3 is 2.72 bits per heavy atom. The molecule has 0 amide bonds. The van der Waals surface area contributed by atoms with Gasteiger partial charge >= 0.3 is 0 Å². The van der Waals surface area contributed by atoms with Crippen molar-refractivity contribution in [3.8, 4) is 5.75 Å². The number of fused-ring (bicyclic) bond motifs is 1. The molecule has 0 radical (unpaired) electrons. The zero-order chi connectivity index (χ0) is 22.7. The molecule has 1 fully saturated rings. The number of hydrogen-bond acceptors (Lipinski definition) is 6. The summed E-state index contributed by atoms with van der Waals surface area (Å²) < 4.78 is 20.6. The quantitative estimate of drug-likeness (QED) is 0.306. The van der Waals surface area contributed by atoms with Crippen molar-refractivity contribution < 1.29 is 13.9 Å². The van der Waals surface area contributed by atoms with Gasteiger partial charge in [-0.3, -0.25) is 0 Å². The van der Waals surface area contributed by atoms with Crippen LogP contribution in [-0.2, 0) is 4.79 Å². The number of nitrogens with zero attached hydrogens (tertiary/aromatic N) is 1. The lowest BCUT2D eigenvalue weighted by Gasteiger charge is -2.43. The first kappa shape index (κ1) is 22.6. The number of aldehydes is 1. The van der Waals surface area contributed by atoms with Crippen LogP contribution in [0, 0.1) is 16.6 Å². The van der Waals surface area contributed by atoms with Gasteiger partial charge in [-0.05, 0) is 78.9 Å². The van der Waals surface area contributed by atoms with E-state index >= 15 is 0 Å². The van der Waals surface area contributed by atoms with Gasteiger partial charge in [-0.15, -0.1) is 0 Å². The van der Waals surface area contributed by atoms with Crippen molar-refractivity contribution in [2.75, 3.05) is 25.5 Å². The summed E-state index contributed by atoms with van der Waals surface area (Å²) in [5.74, 6) is 0.320.